The molecule has 0 saturated carbocycles. The molecule has 0 bridgehead atoms. The standard InChI is InChI=1S/C33H23FN2O6S/c34-22-9-12-24-27(17-22)43-33(35-24)36-29(20-6-10-23(11-7-20)42-18-19-4-2-1-3-5-19)28(31(38)32(36)39)30(37)21-8-13-25-26(16-21)41-15-14-40-25/h1-13,16-17,29,37H,14-15,18H2. The zero-order chi connectivity index (χ0) is 29.5. The van der Waals surface area contributed by atoms with Crippen molar-refractivity contribution < 1.29 is 33.3 Å². The van der Waals surface area contributed by atoms with Gasteiger partial charge in [-0.1, -0.05) is 53.8 Å². The summed E-state index contributed by atoms with van der Waals surface area (Å²) in [5.41, 5.74) is 2.23. The second-order valence-electron chi connectivity index (χ2n) is 9.98. The van der Waals surface area contributed by atoms with E-state index in [0.29, 0.717) is 58.4 Å². The number of thiazole rings is 1. The Bertz CT molecular complexity index is 1900. The van der Waals surface area contributed by atoms with E-state index in [1.54, 1.807) is 42.5 Å². The Morgan fingerprint density at radius 2 is 1.72 bits per heavy atom. The van der Waals surface area contributed by atoms with Gasteiger partial charge in [-0.25, -0.2) is 9.37 Å². The number of nitrogens with zero attached hydrogens (tertiary/aromatic N) is 2. The van der Waals surface area contributed by atoms with Crippen LogP contribution in [0.5, 0.6) is 17.2 Å². The Labute approximate surface area is 249 Å². The normalized spacial score (nSPS) is 17.4. The summed E-state index contributed by atoms with van der Waals surface area (Å²) in [5, 5.41) is 11.7. The first-order valence-corrected chi connectivity index (χ1v) is 14.3. The minimum absolute atomic E-state index is 0.106. The van der Waals surface area contributed by atoms with Gasteiger partial charge in [-0.15, -0.1) is 0 Å². The molecular formula is C33H23FN2O6S. The molecule has 1 saturated heterocycles. The number of ether oxygens (including phenoxy) is 3. The van der Waals surface area contributed by atoms with Crippen molar-refractivity contribution in [3.63, 3.8) is 0 Å². The minimum Gasteiger partial charge on any atom is -0.507 e. The van der Waals surface area contributed by atoms with Crippen molar-refractivity contribution >= 4 is 44.1 Å². The third-order valence-electron chi connectivity index (χ3n) is 7.25. The molecule has 1 atom stereocenters. The molecule has 3 heterocycles. The molecule has 0 radical (unpaired) electrons. The van der Waals surface area contributed by atoms with Crippen LogP contribution in [-0.2, 0) is 16.2 Å². The molecule has 43 heavy (non-hydrogen) atoms. The first kappa shape index (κ1) is 26.7. The van der Waals surface area contributed by atoms with Gasteiger partial charge < -0.3 is 19.3 Å². The molecule has 2 aliphatic heterocycles. The van der Waals surface area contributed by atoms with E-state index in [9.17, 15) is 19.1 Å². The summed E-state index contributed by atoms with van der Waals surface area (Å²) in [6, 6.07) is 24.7. The average molecular weight is 595 g/mol. The van der Waals surface area contributed by atoms with Crippen molar-refractivity contribution in [2.24, 2.45) is 0 Å². The fourth-order valence-electron chi connectivity index (χ4n) is 5.17. The molecule has 214 valence electrons. The molecule has 1 fully saturated rings. The molecular weight excluding hydrogens is 571 g/mol. The van der Waals surface area contributed by atoms with Crippen molar-refractivity contribution in [1.29, 1.82) is 0 Å². The fourth-order valence-corrected chi connectivity index (χ4v) is 6.19. The lowest BCUT2D eigenvalue weighted by molar-refractivity contribution is -0.132. The summed E-state index contributed by atoms with van der Waals surface area (Å²) in [6.07, 6.45) is 0. The number of rotatable bonds is 6. The molecule has 7 rings (SSSR count). The fraction of sp³-hybridized carbons (Fsp3) is 0.121. The summed E-state index contributed by atoms with van der Waals surface area (Å²) >= 11 is 1.09. The second-order valence-corrected chi connectivity index (χ2v) is 11.0. The van der Waals surface area contributed by atoms with Gasteiger partial charge in [0.1, 0.15) is 37.1 Å². The summed E-state index contributed by atoms with van der Waals surface area (Å²) in [7, 11) is 0. The van der Waals surface area contributed by atoms with Crippen LogP contribution in [0.2, 0.25) is 0 Å². The lowest BCUT2D eigenvalue weighted by Gasteiger charge is -2.23. The van der Waals surface area contributed by atoms with Gasteiger partial charge in [-0.3, -0.25) is 14.5 Å². The van der Waals surface area contributed by atoms with Crippen LogP contribution in [-0.4, -0.2) is 35.0 Å². The molecule has 10 heteroatoms. The molecule has 0 spiro atoms. The van der Waals surface area contributed by atoms with Crippen molar-refractivity contribution in [3.05, 3.63) is 119 Å². The molecule has 2 aliphatic rings. The first-order valence-electron chi connectivity index (χ1n) is 13.5. The Hall–Kier alpha value is -5.22. The lowest BCUT2D eigenvalue weighted by atomic mass is 9.95. The predicted molar refractivity (Wildman–Crippen MR) is 159 cm³/mol. The van der Waals surface area contributed by atoms with E-state index in [-0.39, 0.29) is 16.5 Å². The summed E-state index contributed by atoms with van der Waals surface area (Å²) in [5.74, 6) is -0.987. The van der Waals surface area contributed by atoms with E-state index in [1.165, 1.54) is 23.1 Å². The van der Waals surface area contributed by atoms with E-state index in [1.807, 2.05) is 30.3 Å². The monoisotopic (exact) mass is 594 g/mol. The van der Waals surface area contributed by atoms with Gasteiger partial charge in [0.15, 0.2) is 16.6 Å². The third-order valence-corrected chi connectivity index (χ3v) is 8.27. The SMILES string of the molecule is O=C1C(=O)N(c2nc3ccc(F)cc3s2)C(c2ccc(OCc3ccccc3)cc2)C1=C(O)c1ccc2c(c1)OCCO2. The number of amides is 1. The minimum atomic E-state index is -1.01. The number of hydrogen-bond acceptors (Lipinski definition) is 8. The number of anilines is 1. The number of hydrogen-bond donors (Lipinski definition) is 1. The smallest absolute Gasteiger partial charge is 0.301 e. The first-order chi connectivity index (χ1) is 21.0. The number of aromatic nitrogens is 1. The highest BCUT2D eigenvalue weighted by molar-refractivity contribution is 7.22. The number of aliphatic hydroxyl groups is 1. The van der Waals surface area contributed by atoms with Gasteiger partial charge in [0.25, 0.3) is 5.78 Å². The van der Waals surface area contributed by atoms with Crippen LogP contribution in [0.15, 0.2) is 96.6 Å². The summed E-state index contributed by atoms with van der Waals surface area (Å²) < 4.78 is 31.7. The molecule has 5 aromatic rings. The number of halogens is 1. The van der Waals surface area contributed by atoms with E-state index >= 15 is 0 Å². The second kappa shape index (κ2) is 10.9. The number of ketones is 1. The van der Waals surface area contributed by atoms with Gasteiger partial charge in [0, 0.05) is 5.56 Å². The molecule has 1 unspecified atom stereocenters. The maximum Gasteiger partial charge on any atom is 0.301 e. The zero-order valence-electron chi connectivity index (χ0n) is 22.5. The molecule has 4 aromatic carbocycles. The van der Waals surface area contributed by atoms with Crippen LogP contribution in [0.3, 0.4) is 0 Å². The van der Waals surface area contributed by atoms with Crippen molar-refractivity contribution in [2.45, 2.75) is 12.6 Å². The Balaban J connectivity index is 1.31. The Kier molecular flexibility index (Phi) is 6.75. The highest BCUT2D eigenvalue weighted by Crippen LogP contribution is 2.45. The van der Waals surface area contributed by atoms with Crippen LogP contribution in [0, 0.1) is 5.82 Å². The van der Waals surface area contributed by atoms with E-state index in [4.69, 9.17) is 14.2 Å². The van der Waals surface area contributed by atoms with Crippen LogP contribution < -0.4 is 19.1 Å². The highest BCUT2D eigenvalue weighted by atomic mass is 32.1. The molecule has 1 N–H and O–H groups in total. The van der Waals surface area contributed by atoms with Crippen molar-refractivity contribution in [3.8, 4) is 17.2 Å². The van der Waals surface area contributed by atoms with Gasteiger partial charge >= 0.3 is 5.91 Å². The molecule has 8 nitrogen and oxygen atoms in total. The highest BCUT2D eigenvalue weighted by Gasteiger charge is 2.48. The quantitative estimate of drug-likeness (QED) is 0.138. The number of benzene rings is 4. The van der Waals surface area contributed by atoms with Crippen molar-refractivity contribution in [1.82, 2.24) is 4.98 Å². The van der Waals surface area contributed by atoms with E-state index < -0.39 is 23.5 Å². The van der Waals surface area contributed by atoms with Gasteiger partial charge in [0.2, 0.25) is 0 Å². The summed E-state index contributed by atoms with van der Waals surface area (Å²) in [6.45, 7) is 1.12. The average Bonchev–Trinajstić information content (AvgIpc) is 3.57. The van der Waals surface area contributed by atoms with E-state index in [0.717, 1.165) is 16.9 Å². The lowest BCUT2D eigenvalue weighted by Crippen LogP contribution is -2.29. The maximum atomic E-state index is 14.0. The van der Waals surface area contributed by atoms with E-state index in [2.05, 4.69) is 4.98 Å². The summed E-state index contributed by atoms with van der Waals surface area (Å²) in [4.78, 5) is 33.0. The number of fused-ring (bicyclic) bond motifs is 2. The topological polar surface area (TPSA) is 98.2 Å². The number of carbonyl (C=O) groups excluding carboxylic acids is 2. The van der Waals surface area contributed by atoms with Crippen LogP contribution in [0.1, 0.15) is 22.7 Å². The number of Topliss-reactive ketones (excluding diaryl/α,β-unsaturated/α-hetero) is 1. The largest absolute Gasteiger partial charge is 0.507 e. The Morgan fingerprint density at radius 3 is 2.51 bits per heavy atom. The van der Waals surface area contributed by atoms with Crippen LogP contribution in [0.4, 0.5) is 9.52 Å². The van der Waals surface area contributed by atoms with Crippen LogP contribution >= 0.6 is 11.3 Å². The van der Waals surface area contributed by atoms with Crippen LogP contribution in [0.25, 0.3) is 16.0 Å². The number of carbonyl (C=O) groups is 2. The maximum absolute atomic E-state index is 14.0. The molecule has 0 aliphatic carbocycles. The molecule has 1 aromatic heterocycles. The van der Waals surface area contributed by atoms with Gasteiger partial charge in [0.05, 0.1) is 21.8 Å². The van der Waals surface area contributed by atoms with Crippen molar-refractivity contribution in [2.75, 3.05) is 18.1 Å². The Morgan fingerprint density at radius 1 is 0.953 bits per heavy atom. The van der Waals surface area contributed by atoms with Gasteiger partial charge in [-0.2, -0.15) is 0 Å². The van der Waals surface area contributed by atoms with Gasteiger partial charge in [-0.05, 0) is 59.7 Å². The predicted octanol–water partition coefficient (Wildman–Crippen LogP) is 6.41. The number of aliphatic hydroxyl groups excluding tert-OH is 1. The third kappa shape index (κ3) is 4.95. The molecule has 1 amide bonds. The zero-order valence-corrected chi connectivity index (χ0v) is 23.3.